The first kappa shape index (κ1) is 14.6. The molecular formula is C14H14N4O3S. The van der Waals surface area contributed by atoms with E-state index < -0.39 is 11.9 Å². The summed E-state index contributed by atoms with van der Waals surface area (Å²) in [5, 5.41) is 9.62. The van der Waals surface area contributed by atoms with Gasteiger partial charge in [-0.25, -0.2) is 15.0 Å². The van der Waals surface area contributed by atoms with E-state index in [9.17, 15) is 9.59 Å². The number of carboxylic acid groups (broad SMARTS) is 1. The highest BCUT2D eigenvalue weighted by Crippen LogP contribution is 2.28. The summed E-state index contributed by atoms with van der Waals surface area (Å²) < 4.78 is 0. The number of aromatic nitrogens is 3. The first-order valence-corrected chi connectivity index (χ1v) is 7.65. The topological polar surface area (TPSA) is 96.3 Å². The lowest BCUT2D eigenvalue weighted by Crippen LogP contribution is -2.29. The summed E-state index contributed by atoms with van der Waals surface area (Å²) in [6, 6.07) is 1.71. The molecule has 0 bridgehead atoms. The van der Waals surface area contributed by atoms with Crippen molar-refractivity contribution in [3.63, 3.8) is 0 Å². The Balaban J connectivity index is 1.82. The zero-order chi connectivity index (χ0) is 15.7. The number of thiazole rings is 1. The van der Waals surface area contributed by atoms with Crippen LogP contribution in [0.3, 0.4) is 0 Å². The fourth-order valence-corrected chi connectivity index (χ4v) is 3.37. The second kappa shape index (κ2) is 5.80. The van der Waals surface area contributed by atoms with Crippen LogP contribution in [0.4, 0.5) is 0 Å². The number of rotatable bonds is 3. The molecule has 1 aliphatic heterocycles. The highest BCUT2D eigenvalue weighted by molar-refractivity contribution is 7.17. The number of nitrogens with zero attached hydrogens (tertiary/aromatic N) is 4. The van der Waals surface area contributed by atoms with Crippen molar-refractivity contribution in [2.75, 3.05) is 13.1 Å². The number of likely N-dealkylation sites (tertiary alicyclic amines) is 1. The lowest BCUT2D eigenvalue weighted by molar-refractivity contribution is -0.141. The van der Waals surface area contributed by atoms with Crippen molar-refractivity contribution in [2.45, 2.75) is 13.3 Å². The third-order valence-corrected chi connectivity index (χ3v) is 4.71. The van der Waals surface area contributed by atoms with Crippen molar-refractivity contribution in [2.24, 2.45) is 5.92 Å². The maximum atomic E-state index is 12.5. The number of hydrogen-bond acceptors (Lipinski definition) is 6. The first-order chi connectivity index (χ1) is 10.6. The van der Waals surface area contributed by atoms with E-state index in [-0.39, 0.29) is 12.5 Å². The van der Waals surface area contributed by atoms with Crippen molar-refractivity contribution in [1.29, 1.82) is 0 Å². The minimum Gasteiger partial charge on any atom is -0.481 e. The highest BCUT2D eigenvalue weighted by atomic mass is 32.1. The third-order valence-electron chi connectivity index (χ3n) is 3.57. The lowest BCUT2D eigenvalue weighted by atomic mass is 10.1. The largest absolute Gasteiger partial charge is 0.481 e. The van der Waals surface area contributed by atoms with Crippen molar-refractivity contribution >= 4 is 23.2 Å². The molecule has 1 fully saturated rings. The summed E-state index contributed by atoms with van der Waals surface area (Å²) in [7, 11) is 0. The van der Waals surface area contributed by atoms with E-state index in [4.69, 9.17) is 5.11 Å². The van der Waals surface area contributed by atoms with Crippen LogP contribution in [0.5, 0.6) is 0 Å². The predicted molar refractivity (Wildman–Crippen MR) is 79.5 cm³/mol. The Morgan fingerprint density at radius 1 is 1.36 bits per heavy atom. The molecule has 7 nitrogen and oxygen atoms in total. The van der Waals surface area contributed by atoms with Gasteiger partial charge in [0, 0.05) is 25.5 Å². The van der Waals surface area contributed by atoms with E-state index in [2.05, 4.69) is 15.0 Å². The smallest absolute Gasteiger partial charge is 0.308 e. The Morgan fingerprint density at radius 2 is 2.09 bits per heavy atom. The van der Waals surface area contributed by atoms with Gasteiger partial charge in [0.25, 0.3) is 5.91 Å². The molecule has 1 saturated heterocycles. The molecule has 0 spiro atoms. The van der Waals surface area contributed by atoms with Gasteiger partial charge >= 0.3 is 5.97 Å². The van der Waals surface area contributed by atoms with Crippen LogP contribution in [0.2, 0.25) is 0 Å². The third kappa shape index (κ3) is 2.69. The number of aliphatic carboxylic acids is 1. The summed E-state index contributed by atoms with van der Waals surface area (Å²) in [6.45, 7) is 2.48. The molecule has 3 heterocycles. The number of hydrogen-bond donors (Lipinski definition) is 1. The molecule has 22 heavy (non-hydrogen) atoms. The SMILES string of the molecule is Cc1nc(-c2ncccn2)sc1C(=O)N1CCC(C(=O)O)C1. The van der Waals surface area contributed by atoms with Crippen LogP contribution in [0, 0.1) is 12.8 Å². The Bertz CT molecular complexity index is 716. The van der Waals surface area contributed by atoms with E-state index in [1.165, 1.54) is 11.3 Å². The standard InChI is InChI=1S/C14H14N4O3S/c1-8-10(13(19)18-6-3-9(7-18)14(20)21)22-12(17-8)11-15-4-2-5-16-11/h2,4-5,9H,3,6-7H2,1H3,(H,20,21). The number of carboxylic acids is 1. The van der Waals surface area contributed by atoms with Crippen LogP contribution in [-0.4, -0.2) is 49.9 Å². The minimum absolute atomic E-state index is 0.166. The summed E-state index contributed by atoms with van der Waals surface area (Å²) in [6.07, 6.45) is 3.74. The Kier molecular flexibility index (Phi) is 3.84. The van der Waals surface area contributed by atoms with Crippen molar-refractivity contribution < 1.29 is 14.7 Å². The molecule has 1 amide bonds. The summed E-state index contributed by atoms with van der Waals surface area (Å²) in [5.41, 5.74) is 0.622. The van der Waals surface area contributed by atoms with Gasteiger partial charge in [0.15, 0.2) is 10.8 Å². The lowest BCUT2D eigenvalue weighted by Gasteiger charge is -2.14. The van der Waals surface area contributed by atoms with E-state index in [1.54, 1.807) is 30.3 Å². The molecule has 1 unspecified atom stereocenters. The zero-order valence-electron chi connectivity index (χ0n) is 11.9. The van der Waals surface area contributed by atoms with Crippen LogP contribution in [0.25, 0.3) is 10.8 Å². The van der Waals surface area contributed by atoms with E-state index >= 15 is 0 Å². The average Bonchev–Trinajstić information content (AvgIpc) is 3.14. The Labute approximate surface area is 130 Å². The van der Waals surface area contributed by atoms with Gasteiger partial charge in [-0.3, -0.25) is 9.59 Å². The molecule has 2 aromatic heterocycles. The zero-order valence-corrected chi connectivity index (χ0v) is 12.7. The summed E-state index contributed by atoms with van der Waals surface area (Å²) in [4.78, 5) is 38.3. The molecule has 1 aliphatic rings. The molecule has 2 aromatic rings. The number of carbonyl (C=O) groups is 2. The van der Waals surface area contributed by atoms with Crippen LogP contribution in [0.15, 0.2) is 18.5 Å². The fraction of sp³-hybridized carbons (Fsp3) is 0.357. The monoisotopic (exact) mass is 318 g/mol. The molecule has 8 heteroatoms. The van der Waals surface area contributed by atoms with Gasteiger partial charge in [0.05, 0.1) is 11.6 Å². The quantitative estimate of drug-likeness (QED) is 0.920. The Hall–Kier alpha value is -2.35. The summed E-state index contributed by atoms with van der Waals surface area (Å²) >= 11 is 1.24. The van der Waals surface area contributed by atoms with Crippen molar-refractivity contribution in [3.8, 4) is 10.8 Å². The van der Waals surface area contributed by atoms with Crippen LogP contribution in [-0.2, 0) is 4.79 Å². The van der Waals surface area contributed by atoms with Gasteiger partial charge in [-0.1, -0.05) is 0 Å². The van der Waals surface area contributed by atoms with Gasteiger partial charge in [-0.15, -0.1) is 11.3 Å². The van der Waals surface area contributed by atoms with Gasteiger partial charge < -0.3 is 10.0 Å². The number of carbonyl (C=O) groups excluding carboxylic acids is 1. The van der Waals surface area contributed by atoms with Gasteiger partial charge in [-0.05, 0) is 19.4 Å². The van der Waals surface area contributed by atoms with E-state index in [0.29, 0.717) is 34.4 Å². The maximum absolute atomic E-state index is 12.5. The molecule has 1 atom stereocenters. The first-order valence-electron chi connectivity index (χ1n) is 6.83. The number of amides is 1. The maximum Gasteiger partial charge on any atom is 0.308 e. The number of aryl methyl sites for hydroxylation is 1. The molecule has 0 aromatic carbocycles. The van der Waals surface area contributed by atoms with Gasteiger partial charge in [0.1, 0.15) is 4.88 Å². The van der Waals surface area contributed by atoms with Crippen molar-refractivity contribution in [1.82, 2.24) is 19.9 Å². The second-order valence-electron chi connectivity index (χ2n) is 5.08. The average molecular weight is 318 g/mol. The molecule has 114 valence electrons. The molecular weight excluding hydrogens is 304 g/mol. The normalized spacial score (nSPS) is 17.7. The predicted octanol–water partition coefficient (Wildman–Crippen LogP) is 1.46. The minimum atomic E-state index is -0.852. The Morgan fingerprint density at radius 3 is 2.73 bits per heavy atom. The van der Waals surface area contributed by atoms with E-state index in [1.807, 2.05) is 0 Å². The molecule has 0 radical (unpaired) electrons. The summed E-state index contributed by atoms with van der Waals surface area (Å²) in [5.74, 6) is -1.01. The van der Waals surface area contributed by atoms with Gasteiger partial charge in [-0.2, -0.15) is 0 Å². The van der Waals surface area contributed by atoms with Crippen LogP contribution in [0.1, 0.15) is 21.8 Å². The van der Waals surface area contributed by atoms with Crippen LogP contribution >= 0.6 is 11.3 Å². The van der Waals surface area contributed by atoms with E-state index in [0.717, 1.165) is 0 Å². The highest BCUT2D eigenvalue weighted by Gasteiger charge is 2.32. The second-order valence-corrected chi connectivity index (χ2v) is 6.08. The molecule has 3 rings (SSSR count). The van der Waals surface area contributed by atoms with Crippen molar-refractivity contribution in [3.05, 3.63) is 29.0 Å². The molecule has 0 saturated carbocycles. The molecule has 0 aliphatic carbocycles. The van der Waals surface area contributed by atoms with Gasteiger partial charge in [0.2, 0.25) is 0 Å². The fourth-order valence-electron chi connectivity index (χ4n) is 2.39. The van der Waals surface area contributed by atoms with Crippen LogP contribution < -0.4 is 0 Å². The molecule has 1 N–H and O–H groups in total.